The predicted octanol–water partition coefficient (Wildman–Crippen LogP) is 3.24. The summed E-state index contributed by atoms with van der Waals surface area (Å²) in [6.07, 6.45) is 0. The van der Waals surface area contributed by atoms with E-state index in [2.05, 4.69) is 5.43 Å². The molecule has 0 amide bonds. The zero-order valence-electron chi connectivity index (χ0n) is 6.73. The molecule has 0 aliphatic carbocycles. The molecule has 0 heterocycles. The van der Waals surface area contributed by atoms with Crippen LogP contribution in [0.1, 0.15) is 0 Å². The van der Waals surface area contributed by atoms with Crippen molar-refractivity contribution in [2.45, 2.75) is 10.4 Å². The van der Waals surface area contributed by atoms with E-state index in [1.807, 2.05) is 0 Å². The number of hydrogen-bond donors (Lipinski definition) is 2. The lowest BCUT2D eigenvalue weighted by molar-refractivity contribution is -0.0327. The smallest absolute Gasteiger partial charge is 0.323 e. The van der Waals surface area contributed by atoms with Crippen molar-refractivity contribution < 1.29 is 13.2 Å². The summed E-state index contributed by atoms with van der Waals surface area (Å²) in [5.74, 6) is 5.05. The Morgan fingerprint density at radius 2 is 2.00 bits per heavy atom. The topological polar surface area (TPSA) is 38.0 Å². The molecule has 0 aliphatic rings. The average molecular weight is 243 g/mol. The van der Waals surface area contributed by atoms with Crippen LogP contribution in [0.5, 0.6) is 0 Å². The highest BCUT2D eigenvalue weighted by Gasteiger charge is 2.31. The number of rotatable bonds is 2. The summed E-state index contributed by atoms with van der Waals surface area (Å²) in [7, 11) is 0. The van der Waals surface area contributed by atoms with E-state index < -0.39 is 5.51 Å². The van der Waals surface area contributed by atoms with E-state index in [9.17, 15) is 13.2 Å². The molecule has 1 rings (SSSR count). The summed E-state index contributed by atoms with van der Waals surface area (Å²) in [6, 6.07) is 4.30. The van der Waals surface area contributed by atoms with Gasteiger partial charge in [0.25, 0.3) is 0 Å². The van der Waals surface area contributed by atoms with Crippen LogP contribution in [0.2, 0.25) is 5.02 Å². The van der Waals surface area contributed by atoms with Crippen LogP contribution in [-0.2, 0) is 0 Å². The number of alkyl halides is 3. The number of nitrogens with two attached hydrogens (primary N) is 1. The number of hydrogen-bond acceptors (Lipinski definition) is 3. The molecule has 0 saturated carbocycles. The predicted molar refractivity (Wildman–Crippen MR) is 51.2 cm³/mol. The molecule has 78 valence electrons. The minimum Gasteiger partial charge on any atom is -0.323 e. The molecule has 0 radical (unpaired) electrons. The van der Waals surface area contributed by atoms with Crippen molar-refractivity contribution in [3.05, 3.63) is 23.2 Å². The van der Waals surface area contributed by atoms with E-state index in [1.165, 1.54) is 18.2 Å². The lowest BCUT2D eigenvalue weighted by Gasteiger charge is -2.11. The number of thioether (sulfide) groups is 1. The number of anilines is 1. The minimum absolute atomic E-state index is 0.0165. The number of benzene rings is 1. The van der Waals surface area contributed by atoms with Gasteiger partial charge < -0.3 is 5.43 Å². The zero-order valence-corrected chi connectivity index (χ0v) is 8.30. The highest BCUT2D eigenvalue weighted by atomic mass is 35.5. The lowest BCUT2D eigenvalue weighted by atomic mass is 10.3. The van der Waals surface area contributed by atoms with Gasteiger partial charge in [-0.15, -0.1) is 0 Å². The van der Waals surface area contributed by atoms with E-state index in [4.69, 9.17) is 17.4 Å². The first kappa shape index (κ1) is 11.5. The first-order valence-corrected chi connectivity index (χ1v) is 4.64. The second kappa shape index (κ2) is 4.29. The zero-order chi connectivity index (χ0) is 10.8. The molecule has 0 saturated heterocycles. The molecule has 0 atom stereocenters. The highest BCUT2D eigenvalue weighted by molar-refractivity contribution is 8.00. The monoisotopic (exact) mass is 242 g/mol. The van der Waals surface area contributed by atoms with Crippen molar-refractivity contribution in [3.8, 4) is 0 Å². The normalized spacial score (nSPS) is 11.5. The Balaban J connectivity index is 3.05. The average Bonchev–Trinajstić information content (AvgIpc) is 2.06. The van der Waals surface area contributed by atoms with Crippen LogP contribution in [-0.4, -0.2) is 5.51 Å². The Morgan fingerprint density at radius 1 is 1.36 bits per heavy atom. The summed E-state index contributed by atoms with van der Waals surface area (Å²) in [5.41, 5.74) is -2.07. The molecule has 0 unspecified atom stereocenters. The third-order valence-electron chi connectivity index (χ3n) is 1.34. The Kier molecular flexibility index (Phi) is 3.52. The molecule has 3 N–H and O–H groups in total. The van der Waals surface area contributed by atoms with Crippen molar-refractivity contribution in [3.63, 3.8) is 0 Å². The van der Waals surface area contributed by atoms with Gasteiger partial charge in [0, 0.05) is 0 Å². The Labute approximate surface area is 87.6 Å². The first-order chi connectivity index (χ1) is 6.44. The van der Waals surface area contributed by atoms with Crippen LogP contribution >= 0.6 is 23.4 Å². The summed E-state index contributed by atoms with van der Waals surface area (Å²) in [6.45, 7) is 0. The molecule has 0 fully saturated rings. The van der Waals surface area contributed by atoms with E-state index >= 15 is 0 Å². The third kappa shape index (κ3) is 2.97. The van der Waals surface area contributed by atoms with Gasteiger partial charge in [0.1, 0.15) is 0 Å². The van der Waals surface area contributed by atoms with Gasteiger partial charge in [-0.05, 0) is 23.9 Å². The van der Waals surface area contributed by atoms with Crippen molar-refractivity contribution >= 4 is 29.1 Å². The number of nitrogens with one attached hydrogen (secondary N) is 1. The maximum atomic E-state index is 12.1. The second-order valence-electron chi connectivity index (χ2n) is 2.31. The molecule has 1 aromatic rings. The van der Waals surface area contributed by atoms with Crippen LogP contribution in [0, 0.1) is 0 Å². The third-order valence-corrected chi connectivity index (χ3v) is 2.64. The van der Waals surface area contributed by atoms with Crippen LogP contribution in [0.3, 0.4) is 0 Å². The minimum atomic E-state index is -4.38. The fourth-order valence-corrected chi connectivity index (χ4v) is 1.77. The van der Waals surface area contributed by atoms with E-state index in [1.54, 1.807) is 0 Å². The SMILES string of the molecule is NNc1cccc(Cl)c1SC(F)(F)F. The van der Waals surface area contributed by atoms with Gasteiger partial charge in [0.15, 0.2) is 0 Å². The molecular weight excluding hydrogens is 237 g/mol. The van der Waals surface area contributed by atoms with Gasteiger partial charge in [0.05, 0.1) is 15.6 Å². The Morgan fingerprint density at radius 3 is 2.50 bits per heavy atom. The van der Waals surface area contributed by atoms with Crippen molar-refractivity contribution in [2.75, 3.05) is 5.43 Å². The Bertz CT molecular complexity index is 329. The number of halogens is 4. The fourth-order valence-electron chi connectivity index (χ4n) is 0.842. The molecule has 7 heteroatoms. The van der Waals surface area contributed by atoms with Gasteiger partial charge in [-0.2, -0.15) is 13.2 Å². The lowest BCUT2D eigenvalue weighted by Crippen LogP contribution is -2.09. The molecular formula is C7H6ClF3N2S. The standard InChI is InChI=1S/C7H6ClF3N2S/c8-4-2-1-3-5(13-12)6(4)14-7(9,10)11/h1-3,13H,12H2. The molecule has 0 spiro atoms. The number of hydrazine groups is 1. The molecule has 2 nitrogen and oxygen atoms in total. The van der Waals surface area contributed by atoms with Gasteiger partial charge in [0.2, 0.25) is 0 Å². The quantitative estimate of drug-likeness (QED) is 0.475. The number of nitrogen functional groups attached to an aromatic ring is 1. The molecule has 0 aromatic heterocycles. The molecule has 0 aliphatic heterocycles. The largest absolute Gasteiger partial charge is 0.446 e. The highest BCUT2D eigenvalue weighted by Crippen LogP contribution is 2.43. The maximum absolute atomic E-state index is 12.1. The van der Waals surface area contributed by atoms with E-state index in [-0.39, 0.29) is 27.4 Å². The van der Waals surface area contributed by atoms with Crippen LogP contribution in [0.25, 0.3) is 0 Å². The molecule has 0 bridgehead atoms. The second-order valence-corrected chi connectivity index (χ2v) is 3.79. The van der Waals surface area contributed by atoms with E-state index in [0.717, 1.165) is 0 Å². The fraction of sp³-hybridized carbons (Fsp3) is 0.143. The summed E-state index contributed by atoms with van der Waals surface area (Å²) < 4.78 is 36.2. The van der Waals surface area contributed by atoms with Crippen molar-refractivity contribution in [1.29, 1.82) is 0 Å². The van der Waals surface area contributed by atoms with Crippen LogP contribution in [0.15, 0.2) is 23.1 Å². The molecule has 14 heavy (non-hydrogen) atoms. The van der Waals surface area contributed by atoms with E-state index in [0.29, 0.717) is 0 Å². The Hall–Kier alpha value is -0.590. The summed E-state index contributed by atoms with van der Waals surface area (Å²) in [5, 5.41) is 0.0165. The molecule has 1 aromatic carbocycles. The van der Waals surface area contributed by atoms with Crippen molar-refractivity contribution in [2.24, 2.45) is 5.84 Å². The van der Waals surface area contributed by atoms with Gasteiger partial charge >= 0.3 is 5.51 Å². The van der Waals surface area contributed by atoms with Gasteiger partial charge in [-0.25, -0.2) is 0 Å². The van der Waals surface area contributed by atoms with Gasteiger partial charge in [-0.3, -0.25) is 5.84 Å². The maximum Gasteiger partial charge on any atom is 0.446 e. The van der Waals surface area contributed by atoms with Crippen LogP contribution < -0.4 is 11.3 Å². The first-order valence-electron chi connectivity index (χ1n) is 3.45. The van der Waals surface area contributed by atoms with Crippen LogP contribution in [0.4, 0.5) is 18.9 Å². The summed E-state index contributed by atoms with van der Waals surface area (Å²) >= 11 is 5.30. The van der Waals surface area contributed by atoms with Gasteiger partial charge in [-0.1, -0.05) is 17.7 Å². The summed E-state index contributed by atoms with van der Waals surface area (Å²) in [4.78, 5) is -0.121. The van der Waals surface area contributed by atoms with Crippen molar-refractivity contribution in [1.82, 2.24) is 0 Å².